The Labute approximate surface area is 123 Å². The predicted octanol–water partition coefficient (Wildman–Crippen LogP) is 3.77. The first-order valence-electron chi connectivity index (χ1n) is 7.85. The summed E-state index contributed by atoms with van der Waals surface area (Å²) in [6.45, 7) is 2.47. The van der Waals surface area contributed by atoms with Crippen LogP contribution in [0, 0.1) is 5.92 Å². The van der Waals surface area contributed by atoms with E-state index in [9.17, 15) is 9.59 Å². The zero-order valence-electron chi connectivity index (χ0n) is 12.4. The van der Waals surface area contributed by atoms with E-state index in [4.69, 9.17) is 4.42 Å². The van der Waals surface area contributed by atoms with Gasteiger partial charge in [0.05, 0.1) is 5.52 Å². The highest BCUT2D eigenvalue weighted by molar-refractivity contribution is 5.98. The zero-order chi connectivity index (χ0) is 14.8. The minimum atomic E-state index is -0.358. The second-order valence-electron chi connectivity index (χ2n) is 5.91. The molecule has 0 N–H and O–H groups in total. The van der Waals surface area contributed by atoms with Crippen molar-refractivity contribution in [1.29, 1.82) is 0 Å². The topological polar surface area (TPSA) is 52.2 Å². The molecule has 0 radical (unpaired) electrons. The average Bonchev–Trinajstić information content (AvgIpc) is 3.10. The van der Waals surface area contributed by atoms with Gasteiger partial charge in [-0.3, -0.25) is 9.36 Å². The number of ketones is 1. The molecule has 1 aliphatic carbocycles. The molecule has 112 valence electrons. The fourth-order valence-electron chi connectivity index (χ4n) is 3.32. The van der Waals surface area contributed by atoms with Crippen LogP contribution >= 0.6 is 0 Å². The number of carbonyl (C=O) groups is 1. The molecule has 0 unspecified atom stereocenters. The lowest BCUT2D eigenvalue weighted by molar-refractivity contribution is 0.0974. The summed E-state index contributed by atoms with van der Waals surface area (Å²) in [5, 5.41) is 0. The lowest BCUT2D eigenvalue weighted by Crippen LogP contribution is -2.11. The minimum Gasteiger partial charge on any atom is -0.408 e. The summed E-state index contributed by atoms with van der Waals surface area (Å²) < 4.78 is 6.79. The molecule has 0 aliphatic heterocycles. The van der Waals surface area contributed by atoms with Gasteiger partial charge in [-0.15, -0.1) is 0 Å². The number of hydrogen-bond acceptors (Lipinski definition) is 3. The highest BCUT2D eigenvalue weighted by Crippen LogP contribution is 2.29. The molecule has 0 saturated heterocycles. The van der Waals surface area contributed by atoms with E-state index in [0.717, 1.165) is 17.9 Å². The number of fused-ring (bicyclic) bond motifs is 1. The number of Topliss-reactive ketones (excluding diaryl/α,β-unsaturated/α-hetero) is 1. The summed E-state index contributed by atoms with van der Waals surface area (Å²) in [5.74, 6) is 0.510. The van der Waals surface area contributed by atoms with E-state index in [0.29, 0.717) is 24.1 Å². The first-order valence-corrected chi connectivity index (χ1v) is 7.85. The number of carbonyl (C=O) groups excluding carboxylic acids is 1. The van der Waals surface area contributed by atoms with E-state index in [2.05, 4.69) is 0 Å². The second kappa shape index (κ2) is 5.88. The fraction of sp³-hybridized carbons (Fsp3) is 0.529. The van der Waals surface area contributed by atoms with Crippen LogP contribution in [0.15, 0.2) is 27.4 Å². The molecule has 3 rings (SSSR count). The Balaban J connectivity index is 1.77. The average molecular weight is 287 g/mol. The normalized spacial score (nSPS) is 15.9. The summed E-state index contributed by atoms with van der Waals surface area (Å²) in [4.78, 5) is 23.9. The van der Waals surface area contributed by atoms with E-state index in [1.165, 1.54) is 25.7 Å². The van der Waals surface area contributed by atoms with Crippen molar-refractivity contribution in [3.05, 3.63) is 34.3 Å². The quantitative estimate of drug-likeness (QED) is 0.787. The Bertz CT molecular complexity index is 704. The SMILES string of the molecule is CCn1c(=O)oc2cc(C(=O)CCC3CCCC3)ccc21. The number of oxazole rings is 1. The van der Waals surface area contributed by atoms with Gasteiger partial charge in [0.25, 0.3) is 0 Å². The van der Waals surface area contributed by atoms with Crippen LogP contribution in [0.5, 0.6) is 0 Å². The van der Waals surface area contributed by atoms with Gasteiger partial charge >= 0.3 is 5.76 Å². The van der Waals surface area contributed by atoms with Crippen LogP contribution < -0.4 is 5.76 Å². The molecule has 21 heavy (non-hydrogen) atoms. The van der Waals surface area contributed by atoms with Gasteiger partial charge < -0.3 is 4.42 Å². The van der Waals surface area contributed by atoms with Crippen LogP contribution in [-0.2, 0) is 6.54 Å². The lowest BCUT2D eigenvalue weighted by Gasteiger charge is -2.07. The van der Waals surface area contributed by atoms with E-state index in [1.54, 1.807) is 16.7 Å². The molecule has 4 nitrogen and oxygen atoms in total. The van der Waals surface area contributed by atoms with E-state index in [1.807, 2.05) is 13.0 Å². The van der Waals surface area contributed by atoms with Crippen LogP contribution in [-0.4, -0.2) is 10.4 Å². The summed E-state index contributed by atoms with van der Waals surface area (Å²) in [6, 6.07) is 5.33. The predicted molar refractivity (Wildman–Crippen MR) is 81.7 cm³/mol. The summed E-state index contributed by atoms with van der Waals surface area (Å²) >= 11 is 0. The number of benzene rings is 1. The molecular formula is C17H21NO3. The van der Waals surface area contributed by atoms with Gasteiger partial charge in [0, 0.05) is 18.5 Å². The molecule has 0 amide bonds. The first kappa shape index (κ1) is 14.1. The Morgan fingerprint density at radius 3 is 2.81 bits per heavy atom. The lowest BCUT2D eigenvalue weighted by atomic mass is 9.97. The smallest absolute Gasteiger partial charge is 0.408 e. The third-order valence-electron chi connectivity index (χ3n) is 4.56. The number of nitrogens with zero attached hydrogens (tertiary/aromatic N) is 1. The molecular weight excluding hydrogens is 266 g/mol. The van der Waals surface area contributed by atoms with Gasteiger partial charge in [0.15, 0.2) is 11.4 Å². The molecule has 1 aliphatic rings. The maximum Gasteiger partial charge on any atom is 0.419 e. The van der Waals surface area contributed by atoms with Gasteiger partial charge in [0.1, 0.15) is 0 Å². The number of hydrogen-bond donors (Lipinski definition) is 0. The van der Waals surface area contributed by atoms with Gasteiger partial charge in [-0.25, -0.2) is 4.79 Å². The van der Waals surface area contributed by atoms with E-state index in [-0.39, 0.29) is 11.5 Å². The van der Waals surface area contributed by atoms with Gasteiger partial charge in [-0.05, 0) is 37.5 Å². The molecule has 1 saturated carbocycles. The molecule has 1 fully saturated rings. The Morgan fingerprint density at radius 1 is 1.33 bits per heavy atom. The first-order chi connectivity index (χ1) is 10.2. The molecule has 4 heteroatoms. The van der Waals surface area contributed by atoms with Crippen molar-refractivity contribution in [3.8, 4) is 0 Å². The number of rotatable bonds is 5. The van der Waals surface area contributed by atoms with Gasteiger partial charge in [-0.2, -0.15) is 0 Å². The van der Waals surface area contributed by atoms with Crippen LogP contribution in [0.3, 0.4) is 0 Å². The highest BCUT2D eigenvalue weighted by atomic mass is 16.4. The molecule has 1 aromatic heterocycles. The van der Waals surface area contributed by atoms with Crippen molar-refractivity contribution >= 4 is 16.9 Å². The third-order valence-corrected chi connectivity index (χ3v) is 4.56. The molecule has 0 spiro atoms. The summed E-state index contributed by atoms with van der Waals surface area (Å²) in [5.41, 5.74) is 1.92. The third kappa shape index (κ3) is 2.80. The van der Waals surface area contributed by atoms with E-state index < -0.39 is 0 Å². The van der Waals surface area contributed by atoms with Crippen LogP contribution in [0.25, 0.3) is 11.1 Å². The molecule has 2 aromatic rings. The van der Waals surface area contributed by atoms with Crippen molar-refractivity contribution < 1.29 is 9.21 Å². The summed E-state index contributed by atoms with van der Waals surface area (Å²) in [7, 11) is 0. The Hall–Kier alpha value is -1.84. The maximum atomic E-state index is 12.3. The summed E-state index contributed by atoms with van der Waals surface area (Å²) in [6.07, 6.45) is 6.72. The monoisotopic (exact) mass is 287 g/mol. The zero-order valence-corrected chi connectivity index (χ0v) is 12.4. The van der Waals surface area contributed by atoms with Crippen molar-refractivity contribution in [2.75, 3.05) is 0 Å². The van der Waals surface area contributed by atoms with Gasteiger partial charge in [0.2, 0.25) is 0 Å². The minimum absolute atomic E-state index is 0.149. The van der Waals surface area contributed by atoms with Crippen LogP contribution in [0.2, 0.25) is 0 Å². The maximum absolute atomic E-state index is 12.3. The van der Waals surface area contributed by atoms with E-state index >= 15 is 0 Å². The molecule has 0 atom stereocenters. The van der Waals surface area contributed by atoms with Crippen molar-refractivity contribution in [2.24, 2.45) is 5.92 Å². The molecule has 0 bridgehead atoms. The largest absolute Gasteiger partial charge is 0.419 e. The van der Waals surface area contributed by atoms with Gasteiger partial charge in [-0.1, -0.05) is 25.7 Å². The standard InChI is InChI=1S/C17H21NO3/c1-2-18-14-9-8-13(11-16(14)21-17(18)20)15(19)10-7-12-5-3-4-6-12/h8-9,11-12H,2-7,10H2,1H3. The molecule has 1 aromatic carbocycles. The van der Waals surface area contributed by atoms with Crippen LogP contribution in [0.4, 0.5) is 0 Å². The Morgan fingerprint density at radius 2 is 2.10 bits per heavy atom. The number of aryl methyl sites for hydroxylation is 1. The number of aromatic nitrogens is 1. The second-order valence-corrected chi connectivity index (χ2v) is 5.91. The fourth-order valence-corrected chi connectivity index (χ4v) is 3.32. The van der Waals surface area contributed by atoms with Crippen molar-refractivity contribution in [2.45, 2.75) is 52.0 Å². The molecule has 1 heterocycles. The Kier molecular flexibility index (Phi) is 3.95. The van der Waals surface area contributed by atoms with Crippen molar-refractivity contribution in [3.63, 3.8) is 0 Å². The highest BCUT2D eigenvalue weighted by Gasteiger charge is 2.17. The van der Waals surface area contributed by atoms with Crippen molar-refractivity contribution in [1.82, 2.24) is 4.57 Å². The van der Waals surface area contributed by atoms with Crippen LogP contribution in [0.1, 0.15) is 55.8 Å².